The van der Waals surface area contributed by atoms with Gasteiger partial charge >= 0.3 is 0 Å². The summed E-state index contributed by atoms with van der Waals surface area (Å²) in [6, 6.07) is 8.93. The van der Waals surface area contributed by atoms with Gasteiger partial charge in [0.2, 0.25) is 0 Å². The minimum absolute atomic E-state index is 0.128. The van der Waals surface area contributed by atoms with E-state index in [1.54, 1.807) is 13.0 Å². The van der Waals surface area contributed by atoms with E-state index in [2.05, 4.69) is 10.3 Å². The Labute approximate surface area is 122 Å². The smallest absolute Gasteiger partial charge is 0.270 e. The molecule has 5 heteroatoms. The number of aliphatic hydroxyl groups is 1. The SMILES string of the molecule is CCC(C)(CO)NC(=O)c1cc(Cl)c2ccccc2n1. The summed E-state index contributed by atoms with van der Waals surface area (Å²) in [6.07, 6.45) is 0.622. The zero-order chi connectivity index (χ0) is 14.8. The predicted octanol–water partition coefficient (Wildman–Crippen LogP) is 2.78. The number of aromatic nitrogens is 1. The molecule has 0 aliphatic carbocycles. The van der Waals surface area contributed by atoms with Crippen LogP contribution in [0, 0.1) is 0 Å². The number of rotatable bonds is 4. The van der Waals surface area contributed by atoms with E-state index in [-0.39, 0.29) is 18.2 Å². The first-order valence-electron chi connectivity index (χ1n) is 6.48. The van der Waals surface area contributed by atoms with Gasteiger partial charge < -0.3 is 10.4 Å². The fourth-order valence-electron chi connectivity index (χ4n) is 1.83. The lowest BCUT2D eigenvalue weighted by Crippen LogP contribution is -2.48. The number of aliphatic hydroxyl groups excluding tert-OH is 1. The van der Waals surface area contributed by atoms with Gasteiger partial charge in [-0.25, -0.2) is 4.98 Å². The summed E-state index contributed by atoms with van der Waals surface area (Å²) in [6.45, 7) is 3.56. The number of carbonyl (C=O) groups excluding carboxylic acids is 1. The van der Waals surface area contributed by atoms with Crippen molar-refractivity contribution < 1.29 is 9.90 Å². The fourth-order valence-corrected chi connectivity index (χ4v) is 2.09. The molecule has 2 N–H and O–H groups in total. The average molecular weight is 293 g/mol. The van der Waals surface area contributed by atoms with Crippen LogP contribution in [0.15, 0.2) is 30.3 Å². The highest BCUT2D eigenvalue weighted by Gasteiger charge is 2.24. The van der Waals surface area contributed by atoms with Crippen LogP contribution < -0.4 is 5.32 Å². The fraction of sp³-hybridized carbons (Fsp3) is 0.333. The number of benzene rings is 1. The van der Waals surface area contributed by atoms with E-state index < -0.39 is 5.54 Å². The lowest BCUT2D eigenvalue weighted by atomic mass is 10.00. The van der Waals surface area contributed by atoms with Crippen LogP contribution in [0.2, 0.25) is 5.02 Å². The van der Waals surface area contributed by atoms with E-state index in [9.17, 15) is 9.90 Å². The highest BCUT2D eigenvalue weighted by atomic mass is 35.5. The van der Waals surface area contributed by atoms with Crippen molar-refractivity contribution in [3.63, 3.8) is 0 Å². The Morgan fingerprint density at radius 2 is 2.15 bits per heavy atom. The molecule has 0 saturated carbocycles. The second-order valence-electron chi connectivity index (χ2n) is 5.03. The number of nitrogens with one attached hydrogen (secondary N) is 1. The summed E-state index contributed by atoms with van der Waals surface area (Å²) in [5, 5.41) is 13.4. The van der Waals surface area contributed by atoms with Gasteiger partial charge in [0.15, 0.2) is 0 Å². The number of hydrogen-bond acceptors (Lipinski definition) is 3. The standard InChI is InChI=1S/C15H17ClN2O2/c1-3-15(2,9-19)18-14(20)13-8-11(16)10-6-4-5-7-12(10)17-13/h4-8,19H,3,9H2,1-2H3,(H,18,20). The molecule has 0 bridgehead atoms. The molecule has 0 aliphatic heterocycles. The van der Waals surface area contributed by atoms with Crippen molar-refractivity contribution in [1.29, 1.82) is 0 Å². The topological polar surface area (TPSA) is 62.2 Å². The van der Waals surface area contributed by atoms with Crippen LogP contribution in [-0.2, 0) is 0 Å². The summed E-state index contributed by atoms with van der Waals surface area (Å²) < 4.78 is 0. The van der Waals surface area contributed by atoms with Crippen molar-refractivity contribution >= 4 is 28.4 Å². The van der Waals surface area contributed by atoms with Gasteiger partial charge in [-0.2, -0.15) is 0 Å². The third kappa shape index (κ3) is 2.92. The van der Waals surface area contributed by atoms with Crippen molar-refractivity contribution in [3.8, 4) is 0 Å². The molecule has 1 unspecified atom stereocenters. The summed E-state index contributed by atoms with van der Waals surface area (Å²) >= 11 is 6.18. The maximum atomic E-state index is 12.2. The van der Waals surface area contributed by atoms with Crippen LogP contribution >= 0.6 is 11.6 Å². The first-order chi connectivity index (χ1) is 9.49. The van der Waals surface area contributed by atoms with Gasteiger partial charge in [0, 0.05) is 5.39 Å². The highest BCUT2D eigenvalue weighted by Crippen LogP contribution is 2.23. The van der Waals surface area contributed by atoms with E-state index in [4.69, 9.17) is 11.6 Å². The molecule has 4 nitrogen and oxygen atoms in total. The Kier molecular flexibility index (Phi) is 4.26. The normalized spacial score (nSPS) is 14.0. The number of halogens is 1. The molecule has 0 saturated heterocycles. The number of para-hydroxylation sites is 1. The molecule has 0 radical (unpaired) electrons. The molecule has 1 amide bonds. The Morgan fingerprint density at radius 1 is 1.45 bits per heavy atom. The lowest BCUT2D eigenvalue weighted by Gasteiger charge is -2.27. The summed E-state index contributed by atoms with van der Waals surface area (Å²) in [5.74, 6) is -0.337. The first kappa shape index (κ1) is 14.8. The van der Waals surface area contributed by atoms with Crippen molar-refractivity contribution in [2.45, 2.75) is 25.8 Å². The van der Waals surface area contributed by atoms with E-state index >= 15 is 0 Å². The summed E-state index contributed by atoms with van der Waals surface area (Å²) in [4.78, 5) is 16.5. The van der Waals surface area contributed by atoms with Gasteiger partial charge in [-0.1, -0.05) is 36.7 Å². The molecule has 106 valence electrons. The highest BCUT2D eigenvalue weighted by molar-refractivity contribution is 6.35. The number of carbonyl (C=O) groups is 1. The first-order valence-corrected chi connectivity index (χ1v) is 6.85. The van der Waals surface area contributed by atoms with E-state index in [1.807, 2.05) is 31.2 Å². The van der Waals surface area contributed by atoms with Crippen LogP contribution in [0.3, 0.4) is 0 Å². The average Bonchev–Trinajstić information content (AvgIpc) is 2.47. The Balaban J connectivity index is 2.36. The molecule has 0 fully saturated rings. The van der Waals surface area contributed by atoms with Crippen molar-refractivity contribution in [2.24, 2.45) is 0 Å². The van der Waals surface area contributed by atoms with Crippen LogP contribution in [0.5, 0.6) is 0 Å². The Bertz CT molecular complexity index is 639. The maximum absolute atomic E-state index is 12.2. The molecule has 1 heterocycles. The van der Waals surface area contributed by atoms with E-state index in [1.165, 1.54) is 0 Å². The number of pyridine rings is 1. The second kappa shape index (κ2) is 5.77. The molecular formula is C15H17ClN2O2. The van der Waals surface area contributed by atoms with Gasteiger partial charge in [-0.15, -0.1) is 0 Å². The zero-order valence-corrected chi connectivity index (χ0v) is 12.2. The summed E-state index contributed by atoms with van der Waals surface area (Å²) in [7, 11) is 0. The molecular weight excluding hydrogens is 276 g/mol. The van der Waals surface area contributed by atoms with Gasteiger partial charge in [0.05, 0.1) is 22.7 Å². The third-order valence-electron chi connectivity index (χ3n) is 3.44. The van der Waals surface area contributed by atoms with Crippen LogP contribution in [0.1, 0.15) is 30.8 Å². The monoisotopic (exact) mass is 292 g/mol. The minimum Gasteiger partial charge on any atom is -0.394 e. The number of hydrogen-bond donors (Lipinski definition) is 2. The van der Waals surface area contributed by atoms with Crippen LogP contribution in [0.4, 0.5) is 0 Å². The molecule has 0 aliphatic rings. The number of nitrogens with zero attached hydrogens (tertiary/aromatic N) is 1. The van der Waals surface area contributed by atoms with Gasteiger partial charge in [-0.05, 0) is 25.5 Å². The lowest BCUT2D eigenvalue weighted by molar-refractivity contribution is 0.0842. The van der Waals surface area contributed by atoms with Crippen LogP contribution in [-0.4, -0.2) is 28.1 Å². The molecule has 2 rings (SSSR count). The van der Waals surface area contributed by atoms with Gasteiger partial charge in [-0.3, -0.25) is 4.79 Å². The molecule has 20 heavy (non-hydrogen) atoms. The Hall–Kier alpha value is -1.65. The zero-order valence-electron chi connectivity index (χ0n) is 11.5. The second-order valence-corrected chi connectivity index (χ2v) is 5.44. The van der Waals surface area contributed by atoms with Crippen molar-refractivity contribution in [1.82, 2.24) is 10.3 Å². The van der Waals surface area contributed by atoms with Gasteiger partial charge in [0.1, 0.15) is 5.69 Å². The van der Waals surface area contributed by atoms with E-state index in [0.29, 0.717) is 17.0 Å². The third-order valence-corrected chi connectivity index (χ3v) is 3.76. The molecule has 1 aromatic carbocycles. The summed E-state index contributed by atoms with van der Waals surface area (Å²) in [5.41, 5.74) is 0.269. The quantitative estimate of drug-likeness (QED) is 0.911. The molecule has 1 atom stereocenters. The van der Waals surface area contributed by atoms with Crippen molar-refractivity contribution in [2.75, 3.05) is 6.61 Å². The Morgan fingerprint density at radius 3 is 2.80 bits per heavy atom. The molecule has 2 aromatic rings. The molecule has 1 aromatic heterocycles. The predicted molar refractivity (Wildman–Crippen MR) is 80.0 cm³/mol. The molecule has 0 spiro atoms. The van der Waals surface area contributed by atoms with Crippen LogP contribution in [0.25, 0.3) is 10.9 Å². The van der Waals surface area contributed by atoms with Gasteiger partial charge in [0.25, 0.3) is 5.91 Å². The number of fused-ring (bicyclic) bond motifs is 1. The minimum atomic E-state index is -0.656. The number of amides is 1. The maximum Gasteiger partial charge on any atom is 0.270 e. The van der Waals surface area contributed by atoms with Crippen molar-refractivity contribution in [3.05, 3.63) is 41.0 Å². The van der Waals surface area contributed by atoms with E-state index in [0.717, 1.165) is 5.39 Å². The largest absolute Gasteiger partial charge is 0.394 e.